The molecule has 0 radical (unpaired) electrons. The molecule has 0 fully saturated rings. The maximum absolute atomic E-state index is 11.3. The van der Waals surface area contributed by atoms with E-state index in [9.17, 15) is 18.5 Å². The summed E-state index contributed by atoms with van der Waals surface area (Å²) >= 11 is 0. The van der Waals surface area contributed by atoms with Crippen LogP contribution in [0.25, 0.3) is 0 Å². The van der Waals surface area contributed by atoms with E-state index < -0.39 is 15.0 Å². The highest BCUT2D eigenvalue weighted by Gasteiger charge is 2.16. The van der Waals surface area contributed by atoms with Gasteiger partial charge in [0.25, 0.3) is 0 Å². The van der Waals surface area contributed by atoms with Crippen molar-refractivity contribution in [3.05, 3.63) is 22.5 Å². The molecule has 8 nitrogen and oxygen atoms in total. The zero-order valence-electron chi connectivity index (χ0n) is 8.57. The summed E-state index contributed by atoms with van der Waals surface area (Å²) in [5.74, 6) is -0.142. The topological polar surface area (TPSA) is 104 Å². The number of hydrogen-bond acceptors (Lipinski definition) is 6. The van der Waals surface area contributed by atoms with Crippen LogP contribution >= 0.6 is 0 Å². The molecule has 0 atom stereocenters. The van der Waals surface area contributed by atoms with Gasteiger partial charge in [-0.15, -0.1) is 5.10 Å². The Kier molecular flexibility index (Phi) is 3.82. The van der Waals surface area contributed by atoms with Crippen LogP contribution in [0.1, 0.15) is 19.8 Å². The molecule has 0 unspecified atom stereocenters. The molecule has 0 aromatic carbocycles. The molecule has 1 aromatic rings. The molecule has 9 heteroatoms. The summed E-state index contributed by atoms with van der Waals surface area (Å²) in [4.78, 5) is 10.2. The lowest BCUT2D eigenvalue weighted by Crippen LogP contribution is -2.23. The Labute approximate surface area is 92.1 Å². The Balaban J connectivity index is 2.69. The van der Waals surface area contributed by atoms with Gasteiger partial charge in [-0.25, -0.2) is 0 Å². The Hall–Kier alpha value is -1.64. The minimum atomic E-state index is -3.73. The van der Waals surface area contributed by atoms with Crippen molar-refractivity contribution >= 4 is 15.8 Å². The number of nitro groups is 1. The molecule has 0 aliphatic carbocycles. The first kappa shape index (κ1) is 12.4. The van der Waals surface area contributed by atoms with Crippen molar-refractivity contribution in [2.75, 3.05) is 5.75 Å². The third kappa shape index (κ3) is 3.50. The predicted octanol–water partition coefficient (Wildman–Crippen LogP) is 0.350. The summed E-state index contributed by atoms with van der Waals surface area (Å²) in [6, 6.07) is 0. The van der Waals surface area contributed by atoms with Gasteiger partial charge in [0.2, 0.25) is 0 Å². The highest BCUT2D eigenvalue weighted by molar-refractivity contribution is 7.86. The molecule has 0 aliphatic heterocycles. The van der Waals surface area contributed by atoms with E-state index in [1.54, 1.807) is 0 Å². The number of nitrogens with zero attached hydrogens (tertiary/aromatic N) is 3. The van der Waals surface area contributed by atoms with E-state index in [0.717, 1.165) is 12.4 Å². The first-order valence-corrected chi connectivity index (χ1v) is 6.14. The highest BCUT2D eigenvalue weighted by atomic mass is 32.2. The van der Waals surface area contributed by atoms with Crippen LogP contribution in [0.15, 0.2) is 12.4 Å². The maximum atomic E-state index is 11.3. The summed E-state index contributed by atoms with van der Waals surface area (Å²) in [6.07, 6.45) is 2.98. The molecule has 0 amide bonds. The smallest absolute Gasteiger partial charge is 0.269 e. The molecule has 0 N–H and O–H groups in total. The second kappa shape index (κ2) is 4.92. The van der Waals surface area contributed by atoms with Crippen LogP contribution in [0.2, 0.25) is 0 Å². The summed E-state index contributed by atoms with van der Waals surface area (Å²) in [5.41, 5.74) is -0.328. The molecule has 0 bridgehead atoms. The van der Waals surface area contributed by atoms with Gasteiger partial charge in [0, 0.05) is 0 Å². The average Bonchev–Trinajstić information content (AvgIpc) is 2.62. The standard InChI is InChI=1S/C7H11N3O5S/c1-2-3-4-16(13,14)15-9-6-7(5-8-9)10(11)12/h5-6H,2-4H2,1H3. The summed E-state index contributed by atoms with van der Waals surface area (Å²) in [7, 11) is -3.73. The summed E-state index contributed by atoms with van der Waals surface area (Å²) in [6.45, 7) is 1.84. The van der Waals surface area contributed by atoms with Crippen molar-refractivity contribution in [2.45, 2.75) is 19.8 Å². The molecule has 0 saturated carbocycles. The van der Waals surface area contributed by atoms with Crippen LogP contribution in [-0.4, -0.2) is 29.0 Å². The lowest BCUT2D eigenvalue weighted by molar-refractivity contribution is -0.385. The molecular formula is C7H11N3O5S. The van der Waals surface area contributed by atoms with E-state index in [1.165, 1.54) is 0 Å². The maximum Gasteiger partial charge on any atom is 0.328 e. The Bertz CT molecular complexity index is 466. The second-order valence-electron chi connectivity index (χ2n) is 3.05. The van der Waals surface area contributed by atoms with Crippen LogP contribution in [0.3, 0.4) is 0 Å². The van der Waals surface area contributed by atoms with E-state index in [2.05, 4.69) is 9.38 Å². The second-order valence-corrected chi connectivity index (χ2v) is 4.72. The minimum absolute atomic E-state index is 0.142. The van der Waals surface area contributed by atoms with Gasteiger partial charge in [-0.1, -0.05) is 18.2 Å². The van der Waals surface area contributed by atoms with E-state index in [-0.39, 0.29) is 11.4 Å². The summed E-state index contributed by atoms with van der Waals surface area (Å²) in [5, 5.41) is 13.7. The van der Waals surface area contributed by atoms with E-state index in [4.69, 9.17) is 0 Å². The molecule has 1 aromatic heterocycles. The van der Waals surface area contributed by atoms with Crippen LogP contribution in [0.5, 0.6) is 0 Å². The quantitative estimate of drug-likeness (QED) is 0.532. The van der Waals surface area contributed by atoms with Crippen LogP contribution in [0.4, 0.5) is 5.69 Å². The number of hydrogen-bond donors (Lipinski definition) is 0. The third-order valence-electron chi connectivity index (χ3n) is 1.70. The molecule has 1 rings (SSSR count). The van der Waals surface area contributed by atoms with E-state index in [0.29, 0.717) is 17.7 Å². The highest BCUT2D eigenvalue weighted by Crippen LogP contribution is 2.07. The Morgan fingerprint density at radius 3 is 2.81 bits per heavy atom. The normalized spacial score (nSPS) is 11.3. The number of aromatic nitrogens is 2. The van der Waals surface area contributed by atoms with Gasteiger partial charge in [-0.3, -0.25) is 14.4 Å². The Morgan fingerprint density at radius 2 is 2.31 bits per heavy atom. The zero-order chi connectivity index (χ0) is 12.2. The fourth-order valence-corrected chi connectivity index (χ4v) is 1.94. The SMILES string of the molecule is CCCCS(=O)(=O)On1cc([N+](=O)[O-])cn1. The van der Waals surface area contributed by atoms with E-state index in [1.807, 2.05) is 6.92 Å². The Morgan fingerprint density at radius 1 is 1.62 bits per heavy atom. The van der Waals surface area contributed by atoms with Crippen molar-refractivity contribution in [3.8, 4) is 0 Å². The molecule has 16 heavy (non-hydrogen) atoms. The molecule has 0 spiro atoms. The van der Waals surface area contributed by atoms with Crippen molar-refractivity contribution < 1.29 is 17.6 Å². The van der Waals surface area contributed by atoms with Gasteiger partial charge < -0.3 is 0 Å². The average molecular weight is 249 g/mol. The van der Waals surface area contributed by atoms with Crippen molar-refractivity contribution in [1.29, 1.82) is 0 Å². The zero-order valence-corrected chi connectivity index (χ0v) is 9.38. The van der Waals surface area contributed by atoms with Gasteiger partial charge in [-0.05, 0) is 6.42 Å². The van der Waals surface area contributed by atoms with E-state index >= 15 is 0 Å². The molecule has 0 aliphatic rings. The van der Waals surface area contributed by atoms with Crippen LogP contribution in [0, 0.1) is 10.1 Å². The first-order chi connectivity index (χ1) is 7.44. The fourth-order valence-electron chi connectivity index (χ4n) is 0.906. The van der Waals surface area contributed by atoms with Gasteiger partial charge in [0.15, 0.2) is 0 Å². The van der Waals surface area contributed by atoms with Crippen LogP contribution in [-0.2, 0) is 10.1 Å². The van der Waals surface area contributed by atoms with Gasteiger partial charge in [0.1, 0.15) is 12.4 Å². The minimum Gasteiger partial charge on any atom is -0.269 e. The van der Waals surface area contributed by atoms with Crippen LogP contribution < -0.4 is 4.28 Å². The first-order valence-electron chi connectivity index (χ1n) is 4.56. The lowest BCUT2D eigenvalue weighted by Gasteiger charge is -2.03. The summed E-state index contributed by atoms with van der Waals surface area (Å²) < 4.78 is 27.1. The lowest BCUT2D eigenvalue weighted by atomic mass is 10.4. The van der Waals surface area contributed by atoms with Gasteiger partial charge >= 0.3 is 15.8 Å². The fraction of sp³-hybridized carbons (Fsp3) is 0.571. The molecule has 90 valence electrons. The monoisotopic (exact) mass is 249 g/mol. The largest absolute Gasteiger partial charge is 0.328 e. The molecule has 0 saturated heterocycles. The number of rotatable bonds is 6. The van der Waals surface area contributed by atoms with Gasteiger partial charge in [0.05, 0.1) is 10.7 Å². The van der Waals surface area contributed by atoms with Crippen molar-refractivity contribution in [2.24, 2.45) is 0 Å². The van der Waals surface area contributed by atoms with Gasteiger partial charge in [-0.2, -0.15) is 8.42 Å². The third-order valence-corrected chi connectivity index (χ3v) is 2.86. The van der Waals surface area contributed by atoms with Crippen molar-refractivity contribution in [3.63, 3.8) is 0 Å². The molecular weight excluding hydrogens is 238 g/mol. The predicted molar refractivity (Wildman–Crippen MR) is 54.2 cm³/mol. The van der Waals surface area contributed by atoms with Crippen molar-refractivity contribution in [1.82, 2.24) is 9.94 Å². The molecule has 1 heterocycles. The number of unbranched alkanes of at least 4 members (excludes halogenated alkanes) is 1.